The Balaban J connectivity index is 1.35. The van der Waals surface area contributed by atoms with Crippen LogP contribution in [0.25, 0.3) is 6.08 Å². The lowest BCUT2D eigenvalue weighted by Gasteiger charge is -2.30. The summed E-state index contributed by atoms with van der Waals surface area (Å²) in [4.78, 5) is 14.2. The Labute approximate surface area is 141 Å². The Bertz CT molecular complexity index is 766. The van der Waals surface area contributed by atoms with Gasteiger partial charge in [0.25, 0.3) is 0 Å². The van der Waals surface area contributed by atoms with E-state index in [1.165, 1.54) is 6.42 Å². The van der Waals surface area contributed by atoms with Crippen molar-refractivity contribution in [2.24, 2.45) is 0 Å². The number of piperidine rings is 1. The summed E-state index contributed by atoms with van der Waals surface area (Å²) in [7, 11) is 0. The standard InChI is InChI=1S/C18H22N4O2/c1-13-4-5-15(24-13)6-7-17(23)21-11-8-14(9-12-21)18-20-19-16-3-2-10-22(16)18/h4-7,14H,2-3,8-12H2,1H3. The Morgan fingerprint density at radius 1 is 1.25 bits per heavy atom. The van der Waals surface area contributed by atoms with Crippen molar-refractivity contribution in [1.29, 1.82) is 0 Å². The lowest BCUT2D eigenvalue weighted by Crippen LogP contribution is -2.37. The molecule has 126 valence electrons. The molecule has 0 bridgehead atoms. The van der Waals surface area contributed by atoms with E-state index >= 15 is 0 Å². The summed E-state index contributed by atoms with van der Waals surface area (Å²) in [6.45, 7) is 4.48. The predicted octanol–water partition coefficient (Wildman–Crippen LogP) is 2.55. The normalized spacial score (nSPS) is 18.5. The van der Waals surface area contributed by atoms with Crippen molar-refractivity contribution in [3.05, 3.63) is 41.4 Å². The zero-order valence-electron chi connectivity index (χ0n) is 13.9. The fourth-order valence-electron chi connectivity index (χ4n) is 3.63. The summed E-state index contributed by atoms with van der Waals surface area (Å²) >= 11 is 0. The molecule has 0 radical (unpaired) electrons. The highest BCUT2D eigenvalue weighted by atomic mass is 16.3. The summed E-state index contributed by atoms with van der Waals surface area (Å²) in [5, 5.41) is 8.69. The summed E-state index contributed by atoms with van der Waals surface area (Å²) in [5.74, 6) is 4.29. The van der Waals surface area contributed by atoms with E-state index in [1.54, 1.807) is 12.2 Å². The Hall–Kier alpha value is -2.37. The Morgan fingerprint density at radius 3 is 2.83 bits per heavy atom. The minimum atomic E-state index is 0.0500. The first-order chi connectivity index (χ1) is 11.7. The molecule has 0 atom stereocenters. The van der Waals surface area contributed by atoms with E-state index in [9.17, 15) is 4.79 Å². The van der Waals surface area contributed by atoms with Gasteiger partial charge < -0.3 is 13.9 Å². The van der Waals surface area contributed by atoms with Gasteiger partial charge in [-0.05, 0) is 44.4 Å². The average molecular weight is 326 g/mol. The monoisotopic (exact) mass is 326 g/mol. The van der Waals surface area contributed by atoms with Crippen molar-refractivity contribution in [3.63, 3.8) is 0 Å². The van der Waals surface area contributed by atoms with E-state index in [1.807, 2.05) is 24.0 Å². The highest BCUT2D eigenvalue weighted by Gasteiger charge is 2.28. The second kappa shape index (κ2) is 6.26. The molecule has 1 saturated heterocycles. The molecule has 2 aromatic heterocycles. The maximum absolute atomic E-state index is 12.3. The summed E-state index contributed by atoms with van der Waals surface area (Å²) in [6.07, 6.45) is 7.48. The van der Waals surface area contributed by atoms with Crippen LogP contribution in [0.4, 0.5) is 0 Å². The first kappa shape index (κ1) is 15.2. The van der Waals surface area contributed by atoms with Gasteiger partial charge in [0.2, 0.25) is 5.91 Å². The molecule has 0 N–H and O–H groups in total. The number of aromatic nitrogens is 3. The number of nitrogens with zero attached hydrogens (tertiary/aromatic N) is 4. The molecule has 4 rings (SSSR count). The molecule has 0 aromatic carbocycles. The molecule has 0 spiro atoms. The second-order valence-corrected chi connectivity index (χ2v) is 6.61. The summed E-state index contributed by atoms with van der Waals surface area (Å²) < 4.78 is 7.73. The van der Waals surface area contributed by atoms with E-state index in [0.29, 0.717) is 5.92 Å². The van der Waals surface area contributed by atoms with Gasteiger partial charge in [0.05, 0.1) is 0 Å². The molecule has 2 aliphatic rings. The van der Waals surface area contributed by atoms with Crippen molar-refractivity contribution in [2.45, 2.75) is 45.1 Å². The lowest BCUT2D eigenvalue weighted by molar-refractivity contribution is -0.127. The number of carbonyl (C=O) groups excluding carboxylic acids is 1. The van der Waals surface area contributed by atoms with E-state index in [4.69, 9.17) is 4.42 Å². The van der Waals surface area contributed by atoms with Crippen LogP contribution in [-0.2, 0) is 17.8 Å². The van der Waals surface area contributed by atoms with Gasteiger partial charge in [0.15, 0.2) is 0 Å². The van der Waals surface area contributed by atoms with Crippen LogP contribution >= 0.6 is 0 Å². The number of amides is 1. The fraction of sp³-hybridized carbons (Fsp3) is 0.500. The number of fused-ring (bicyclic) bond motifs is 1. The van der Waals surface area contributed by atoms with Crippen molar-refractivity contribution >= 4 is 12.0 Å². The topological polar surface area (TPSA) is 64.2 Å². The van der Waals surface area contributed by atoms with Gasteiger partial charge in [-0.2, -0.15) is 0 Å². The molecule has 6 heteroatoms. The van der Waals surface area contributed by atoms with Crippen LogP contribution in [-0.4, -0.2) is 38.7 Å². The Morgan fingerprint density at radius 2 is 2.08 bits per heavy atom. The van der Waals surface area contributed by atoms with Crippen LogP contribution < -0.4 is 0 Å². The number of carbonyl (C=O) groups is 1. The third-order valence-corrected chi connectivity index (χ3v) is 4.96. The first-order valence-electron chi connectivity index (χ1n) is 8.66. The molecular formula is C18H22N4O2. The van der Waals surface area contributed by atoms with Crippen molar-refractivity contribution in [2.75, 3.05) is 13.1 Å². The number of aryl methyl sites for hydroxylation is 2. The molecular weight excluding hydrogens is 304 g/mol. The van der Waals surface area contributed by atoms with Gasteiger partial charge in [-0.15, -0.1) is 10.2 Å². The van der Waals surface area contributed by atoms with Crippen LogP contribution in [0.2, 0.25) is 0 Å². The third kappa shape index (κ3) is 2.88. The zero-order valence-corrected chi connectivity index (χ0v) is 13.9. The SMILES string of the molecule is Cc1ccc(C=CC(=O)N2CCC(c3nnc4n3CCC4)CC2)o1. The number of furan rings is 1. The number of hydrogen-bond acceptors (Lipinski definition) is 4. The summed E-state index contributed by atoms with van der Waals surface area (Å²) in [6, 6.07) is 3.77. The van der Waals surface area contributed by atoms with Gasteiger partial charge in [-0.3, -0.25) is 4.79 Å². The van der Waals surface area contributed by atoms with Crippen molar-refractivity contribution in [3.8, 4) is 0 Å². The van der Waals surface area contributed by atoms with Crippen LogP contribution in [0, 0.1) is 6.92 Å². The molecule has 24 heavy (non-hydrogen) atoms. The van der Waals surface area contributed by atoms with Gasteiger partial charge in [0, 0.05) is 38.0 Å². The molecule has 2 aliphatic heterocycles. The number of hydrogen-bond donors (Lipinski definition) is 0. The number of rotatable bonds is 3. The Kier molecular flexibility index (Phi) is 3.96. The maximum Gasteiger partial charge on any atom is 0.246 e. The molecule has 0 saturated carbocycles. The molecule has 6 nitrogen and oxygen atoms in total. The minimum Gasteiger partial charge on any atom is -0.462 e. The second-order valence-electron chi connectivity index (χ2n) is 6.61. The molecule has 0 aliphatic carbocycles. The van der Waals surface area contributed by atoms with E-state index in [2.05, 4.69) is 14.8 Å². The van der Waals surface area contributed by atoms with Gasteiger partial charge >= 0.3 is 0 Å². The minimum absolute atomic E-state index is 0.0500. The average Bonchev–Trinajstić information content (AvgIpc) is 3.29. The van der Waals surface area contributed by atoms with E-state index in [-0.39, 0.29) is 5.91 Å². The smallest absolute Gasteiger partial charge is 0.246 e. The summed E-state index contributed by atoms with van der Waals surface area (Å²) in [5.41, 5.74) is 0. The fourth-order valence-corrected chi connectivity index (χ4v) is 3.63. The van der Waals surface area contributed by atoms with E-state index in [0.717, 1.165) is 62.1 Å². The molecule has 1 fully saturated rings. The molecule has 0 unspecified atom stereocenters. The van der Waals surface area contributed by atoms with Crippen LogP contribution in [0.15, 0.2) is 22.6 Å². The first-order valence-corrected chi connectivity index (χ1v) is 8.66. The zero-order chi connectivity index (χ0) is 16.5. The van der Waals surface area contributed by atoms with Crippen molar-refractivity contribution in [1.82, 2.24) is 19.7 Å². The highest BCUT2D eigenvalue weighted by Crippen LogP contribution is 2.29. The van der Waals surface area contributed by atoms with Crippen LogP contribution in [0.3, 0.4) is 0 Å². The number of likely N-dealkylation sites (tertiary alicyclic amines) is 1. The van der Waals surface area contributed by atoms with Crippen LogP contribution in [0.1, 0.15) is 48.3 Å². The van der Waals surface area contributed by atoms with Gasteiger partial charge in [-0.1, -0.05) is 0 Å². The quantitative estimate of drug-likeness (QED) is 0.813. The van der Waals surface area contributed by atoms with E-state index < -0.39 is 0 Å². The van der Waals surface area contributed by atoms with Gasteiger partial charge in [-0.25, -0.2) is 0 Å². The van der Waals surface area contributed by atoms with Crippen molar-refractivity contribution < 1.29 is 9.21 Å². The predicted molar refractivity (Wildman–Crippen MR) is 89.4 cm³/mol. The molecule has 1 amide bonds. The highest BCUT2D eigenvalue weighted by molar-refractivity contribution is 5.91. The largest absolute Gasteiger partial charge is 0.462 e. The maximum atomic E-state index is 12.3. The van der Waals surface area contributed by atoms with Gasteiger partial charge in [0.1, 0.15) is 23.2 Å². The van der Waals surface area contributed by atoms with Crippen LogP contribution in [0.5, 0.6) is 0 Å². The lowest BCUT2D eigenvalue weighted by atomic mass is 9.96. The molecule has 2 aromatic rings. The molecule has 4 heterocycles. The third-order valence-electron chi connectivity index (χ3n) is 4.96.